The highest BCUT2D eigenvalue weighted by Crippen LogP contribution is 2.27. The van der Waals surface area contributed by atoms with Crippen LogP contribution in [0.5, 0.6) is 0 Å². The van der Waals surface area contributed by atoms with Crippen molar-refractivity contribution in [2.24, 2.45) is 5.92 Å². The number of carbonyl (C=O) groups is 1. The molecule has 0 aliphatic carbocycles. The number of H-pyrrole nitrogens is 1. The molecule has 0 saturated carbocycles. The van der Waals surface area contributed by atoms with Crippen LogP contribution in [0.4, 0.5) is 0 Å². The number of nitrogens with one attached hydrogen (secondary N) is 2. The summed E-state index contributed by atoms with van der Waals surface area (Å²) in [5.74, 6) is 0.734. The highest BCUT2D eigenvalue weighted by Gasteiger charge is 2.22. The van der Waals surface area contributed by atoms with Crippen LogP contribution in [-0.4, -0.2) is 70.2 Å². The Balaban J connectivity index is 1.33. The number of piperidine rings is 2. The third-order valence-corrected chi connectivity index (χ3v) is 7.24. The second-order valence-electron chi connectivity index (χ2n) is 9.92. The molecule has 3 aromatic rings. The van der Waals surface area contributed by atoms with Gasteiger partial charge in [0.15, 0.2) is 5.69 Å². The number of hydrogen-bond acceptors (Lipinski definition) is 5. The maximum atomic E-state index is 13.0. The van der Waals surface area contributed by atoms with Crippen molar-refractivity contribution in [1.82, 2.24) is 30.3 Å². The largest absolute Gasteiger partial charge is 0.348 e. The molecule has 1 aromatic carbocycles. The monoisotopic (exact) mass is 446 g/mol. The van der Waals surface area contributed by atoms with E-state index in [2.05, 4.69) is 62.5 Å². The van der Waals surface area contributed by atoms with E-state index in [1.807, 2.05) is 18.5 Å². The molecule has 7 heteroatoms. The first-order chi connectivity index (χ1) is 16.0. The number of fused-ring (bicyclic) bond motifs is 1. The zero-order valence-corrected chi connectivity index (χ0v) is 19.7. The molecule has 0 bridgehead atoms. The predicted molar refractivity (Wildman–Crippen MR) is 131 cm³/mol. The van der Waals surface area contributed by atoms with Crippen LogP contribution in [-0.2, 0) is 6.54 Å². The molecule has 2 N–H and O–H groups in total. The van der Waals surface area contributed by atoms with Crippen molar-refractivity contribution in [1.29, 1.82) is 0 Å². The van der Waals surface area contributed by atoms with Crippen LogP contribution in [0.25, 0.3) is 22.0 Å². The number of benzene rings is 1. The maximum Gasteiger partial charge on any atom is 0.272 e. The second-order valence-corrected chi connectivity index (χ2v) is 9.92. The summed E-state index contributed by atoms with van der Waals surface area (Å²) in [5, 5.41) is 11.4. The lowest BCUT2D eigenvalue weighted by Crippen LogP contribution is -2.43. The third kappa shape index (κ3) is 5.09. The molecule has 2 aliphatic heterocycles. The summed E-state index contributed by atoms with van der Waals surface area (Å²) in [6.07, 6.45) is 8.37. The van der Waals surface area contributed by atoms with Crippen LogP contribution in [0.1, 0.15) is 48.7 Å². The Kier molecular flexibility index (Phi) is 6.42. The number of hydrogen-bond donors (Lipinski definition) is 2. The van der Waals surface area contributed by atoms with Crippen LogP contribution in [0.15, 0.2) is 36.7 Å². The van der Waals surface area contributed by atoms with E-state index in [4.69, 9.17) is 0 Å². The van der Waals surface area contributed by atoms with Gasteiger partial charge in [0.05, 0.1) is 5.52 Å². The Morgan fingerprint density at radius 1 is 1.06 bits per heavy atom. The molecule has 2 saturated heterocycles. The molecule has 5 rings (SSSR count). The molecule has 2 aliphatic rings. The molecular formula is C26H34N6O. The van der Waals surface area contributed by atoms with E-state index >= 15 is 0 Å². The molecule has 4 heterocycles. The molecule has 2 aromatic heterocycles. The van der Waals surface area contributed by atoms with Gasteiger partial charge in [0.1, 0.15) is 0 Å². The molecule has 33 heavy (non-hydrogen) atoms. The number of nitrogens with zero attached hydrogens (tertiary/aromatic N) is 4. The summed E-state index contributed by atoms with van der Waals surface area (Å²) in [5.41, 5.74) is 4.70. The molecule has 0 spiro atoms. The van der Waals surface area contributed by atoms with E-state index in [1.54, 1.807) is 0 Å². The highest BCUT2D eigenvalue weighted by molar-refractivity contribution is 6.05. The van der Waals surface area contributed by atoms with Gasteiger partial charge in [-0.15, -0.1) is 0 Å². The molecule has 0 atom stereocenters. The van der Waals surface area contributed by atoms with Crippen molar-refractivity contribution < 1.29 is 4.79 Å². The number of carbonyl (C=O) groups excluding carboxylic acids is 1. The van der Waals surface area contributed by atoms with E-state index in [1.165, 1.54) is 18.4 Å². The fourth-order valence-corrected chi connectivity index (χ4v) is 4.98. The Hall–Kier alpha value is -2.77. The first-order valence-corrected chi connectivity index (χ1v) is 12.2. The summed E-state index contributed by atoms with van der Waals surface area (Å²) in [6, 6.07) is 8.57. The summed E-state index contributed by atoms with van der Waals surface area (Å²) in [7, 11) is 2.12. The van der Waals surface area contributed by atoms with Crippen LogP contribution >= 0.6 is 0 Å². The van der Waals surface area contributed by atoms with E-state index in [9.17, 15) is 4.79 Å². The number of rotatable bonds is 5. The summed E-state index contributed by atoms with van der Waals surface area (Å²) >= 11 is 0. The molecule has 1 amide bonds. The third-order valence-electron chi connectivity index (χ3n) is 7.24. The standard InChI is InChI=1S/C26H34N6O/c1-18-5-11-32(12-6-18)17-19-13-21(16-27-15-19)20-3-4-24-23(14-20)25(30-29-24)26(33)28-22-7-9-31(2)10-8-22/h3-4,13-16,18,22H,5-12,17H2,1-2H3,(H,28,33)(H,29,30). The van der Waals surface area contributed by atoms with Crippen molar-refractivity contribution in [3.05, 3.63) is 47.9 Å². The maximum absolute atomic E-state index is 13.0. The topological polar surface area (TPSA) is 77.1 Å². The predicted octanol–water partition coefficient (Wildman–Crippen LogP) is 3.68. The summed E-state index contributed by atoms with van der Waals surface area (Å²) in [6.45, 7) is 7.61. The Labute approximate surface area is 195 Å². The number of likely N-dealkylation sites (tertiary alicyclic amines) is 2. The normalized spacial score (nSPS) is 19.2. The molecule has 0 radical (unpaired) electrons. The second kappa shape index (κ2) is 9.61. The van der Waals surface area contributed by atoms with E-state index in [0.29, 0.717) is 5.69 Å². The van der Waals surface area contributed by atoms with Gasteiger partial charge < -0.3 is 10.2 Å². The van der Waals surface area contributed by atoms with Crippen molar-refractivity contribution in [2.45, 2.75) is 45.2 Å². The number of aromatic amines is 1. The number of amides is 1. The minimum atomic E-state index is -0.0980. The van der Waals surface area contributed by atoms with Gasteiger partial charge in [-0.1, -0.05) is 13.0 Å². The van der Waals surface area contributed by atoms with E-state index in [-0.39, 0.29) is 11.9 Å². The lowest BCUT2D eigenvalue weighted by Gasteiger charge is -2.30. The smallest absolute Gasteiger partial charge is 0.272 e. The number of pyridine rings is 1. The van der Waals surface area contributed by atoms with Gasteiger partial charge in [0.25, 0.3) is 5.91 Å². The van der Waals surface area contributed by atoms with Crippen LogP contribution < -0.4 is 5.32 Å². The van der Waals surface area contributed by atoms with Gasteiger partial charge in [0.2, 0.25) is 0 Å². The van der Waals surface area contributed by atoms with Crippen molar-refractivity contribution >= 4 is 16.8 Å². The summed E-state index contributed by atoms with van der Waals surface area (Å²) in [4.78, 5) is 22.3. The minimum absolute atomic E-state index is 0.0980. The van der Waals surface area contributed by atoms with Gasteiger partial charge in [-0.2, -0.15) is 5.10 Å². The first-order valence-electron chi connectivity index (χ1n) is 12.2. The fourth-order valence-electron chi connectivity index (χ4n) is 4.98. The van der Waals surface area contributed by atoms with Crippen molar-refractivity contribution in [2.75, 3.05) is 33.2 Å². The fraction of sp³-hybridized carbons (Fsp3) is 0.500. The SMILES string of the molecule is CC1CCN(Cc2cncc(-c3ccc4[nH]nc(C(=O)NC5CCN(C)CC5)c4c3)c2)CC1. The quantitative estimate of drug-likeness (QED) is 0.625. The van der Waals surface area contributed by atoms with Crippen molar-refractivity contribution in [3.63, 3.8) is 0 Å². The zero-order valence-electron chi connectivity index (χ0n) is 19.7. The highest BCUT2D eigenvalue weighted by atomic mass is 16.2. The Morgan fingerprint density at radius 2 is 1.85 bits per heavy atom. The van der Waals surface area contributed by atoms with Gasteiger partial charge in [-0.3, -0.25) is 19.8 Å². The van der Waals surface area contributed by atoms with Gasteiger partial charge >= 0.3 is 0 Å². The van der Waals surface area contributed by atoms with Crippen LogP contribution in [0.2, 0.25) is 0 Å². The lowest BCUT2D eigenvalue weighted by atomic mass is 9.98. The van der Waals surface area contributed by atoms with Crippen molar-refractivity contribution in [3.8, 4) is 11.1 Å². The molecule has 2 fully saturated rings. The first kappa shape index (κ1) is 22.0. The molecular weight excluding hydrogens is 412 g/mol. The van der Waals surface area contributed by atoms with Gasteiger partial charge in [0, 0.05) is 35.9 Å². The van der Waals surface area contributed by atoms with Crippen LogP contribution in [0.3, 0.4) is 0 Å². The van der Waals surface area contributed by atoms with E-state index < -0.39 is 0 Å². The minimum Gasteiger partial charge on any atom is -0.348 e. The lowest BCUT2D eigenvalue weighted by molar-refractivity contribution is 0.0913. The summed E-state index contributed by atoms with van der Waals surface area (Å²) < 4.78 is 0. The average molecular weight is 447 g/mol. The Bertz CT molecular complexity index is 1110. The molecule has 0 unspecified atom stereocenters. The van der Waals surface area contributed by atoms with E-state index in [0.717, 1.165) is 73.5 Å². The van der Waals surface area contributed by atoms with Crippen LogP contribution in [0, 0.1) is 5.92 Å². The van der Waals surface area contributed by atoms with Gasteiger partial charge in [-0.25, -0.2) is 0 Å². The zero-order chi connectivity index (χ0) is 22.8. The Morgan fingerprint density at radius 3 is 2.64 bits per heavy atom. The molecule has 174 valence electrons. The average Bonchev–Trinajstić information content (AvgIpc) is 3.26. The molecule has 7 nitrogen and oxygen atoms in total. The van der Waals surface area contributed by atoms with Gasteiger partial charge in [-0.05, 0) is 94.2 Å². The number of aromatic nitrogens is 3.